The summed E-state index contributed by atoms with van der Waals surface area (Å²) < 4.78 is 0. The third-order valence-electron chi connectivity index (χ3n) is 1.33. The molecule has 0 aromatic rings. The van der Waals surface area contributed by atoms with Crippen molar-refractivity contribution >= 4 is 39.0 Å². The molecule has 0 aliphatic heterocycles. The van der Waals surface area contributed by atoms with Crippen molar-refractivity contribution in [1.82, 2.24) is 0 Å². The topological polar surface area (TPSA) is 0 Å². The zero-order valence-electron chi connectivity index (χ0n) is 6.21. The maximum absolute atomic E-state index is 2.33. The minimum absolute atomic E-state index is 0.890. The van der Waals surface area contributed by atoms with Gasteiger partial charge in [0.25, 0.3) is 0 Å². The Hall–Kier alpha value is 1.60. The van der Waals surface area contributed by atoms with E-state index in [1.165, 1.54) is 25.7 Å². The first-order valence-electron chi connectivity index (χ1n) is 3.54. The predicted octanol–water partition coefficient (Wildman–Crippen LogP) is 4.44. The summed E-state index contributed by atoms with van der Waals surface area (Å²) in [5.41, 5.74) is 0. The Labute approximate surface area is 98.4 Å². The van der Waals surface area contributed by atoms with E-state index < -0.39 is 0 Å². The summed E-state index contributed by atoms with van der Waals surface area (Å²) in [6.45, 7) is 0. The number of halogens is 2. The quantitative estimate of drug-likeness (QED) is 0.280. The van der Waals surface area contributed by atoms with Crippen molar-refractivity contribution in [3.63, 3.8) is 0 Å². The zero-order chi connectivity index (χ0) is 8.36. The molecule has 0 saturated heterocycles. The van der Waals surface area contributed by atoms with E-state index in [1.54, 1.807) is 0 Å². The SMILES string of the molecule is C1=CCCC=CCC1.[I][Pd][I]. The Morgan fingerprint density at radius 2 is 0.909 bits per heavy atom. The van der Waals surface area contributed by atoms with Gasteiger partial charge in [0.1, 0.15) is 0 Å². The van der Waals surface area contributed by atoms with Gasteiger partial charge in [-0.05, 0) is 25.7 Å². The third kappa shape index (κ3) is 11.6. The maximum atomic E-state index is 2.33. The molecule has 0 N–H and O–H groups in total. The summed E-state index contributed by atoms with van der Waals surface area (Å²) in [6, 6.07) is 0. The second kappa shape index (κ2) is 11.6. The molecule has 0 bridgehead atoms. The zero-order valence-corrected chi connectivity index (χ0v) is 12.1. The van der Waals surface area contributed by atoms with Gasteiger partial charge in [0.15, 0.2) is 0 Å². The molecule has 0 heterocycles. The van der Waals surface area contributed by atoms with Crippen LogP contribution in [0.15, 0.2) is 24.3 Å². The summed E-state index contributed by atoms with van der Waals surface area (Å²) in [6.07, 6.45) is 14.0. The van der Waals surface area contributed by atoms with Gasteiger partial charge in [-0.2, -0.15) is 0 Å². The second-order valence-corrected chi connectivity index (χ2v) is 14.1. The summed E-state index contributed by atoms with van der Waals surface area (Å²) in [5, 5.41) is 0. The van der Waals surface area contributed by atoms with Crippen molar-refractivity contribution in [3.05, 3.63) is 24.3 Å². The normalized spacial score (nSPS) is 16.5. The molecule has 0 atom stereocenters. The van der Waals surface area contributed by atoms with Crippen LogP contribution < -0.4 is 0 Å². The van der Waals surface area contributed by atoms with Crippen LogP contribution in [0.5, 0.6) is 0 Å². The van der Waals surface area contributed by atoms with Gasteiger partial charge in [-0.1, -0.05) is 24.3 Å². The van der Waals surface area contributed by atoms with E-state index in [1.807, 2.05) is 0 Å². The Balaban J connectivity index is 0.000000292. The molecular formula is C8H12I2Pd. The fraction of sp³-hybridized carbons (Fsp3) is 0.500. The summed E-state index contributed by atoms with van der Waals surface area (Å²) in [4.78, 5) is 0. The van der Waals surface area contributed by atoms with Gasteiger partial charge in [0.2, 0.25) is 0 Å². The van der Waals surface area contributed by atoms with Gasteiger partial charge in [0, 0.05) is 0 Å². The second-order valence-electron chi connectivity index (χ2n) is 2.14. The van der Waals surface area contributed by atoms with Gasteiger partial charge in [-0.3, -0.25) is 0 Å². The fourth-order valence-electron chi connectivity index (χ4n) is 0.856. The minimum atomic E-state index is 0.890. The molecule has 1 rings (SSSR count). The van der Waals surface area contributed by atoms with Crippen LogP contribution in [0.25, 0.3) is 0 Å². The fourth-order valence-corrected chi connectivity index (χ4v) is 0.856. The number of hydrogen-bond acceptors (Lipinski definition) is 0. The van der Waals surface area contributed by atoms with Gasteiger partial charge in [0.05, 0.1) is 0 Å². The number of rotatable bonds is 0. The number of hydrogen-bond donors (Lipinski definition) is 0. The first-order chi connectivity index (χ1) is 5.41. The summed E-state index contributed by atoms with van der Waals surface area (Å²) >= 11 is 4.65. The van der Waals surface area contributed by atoms with Crippen LogP contribution in [-0.2, 0) is 10.8 Å². The van der Waals surface area contributed by atoms with E-state index in [-0.39, 0.29) is 0 Å². The van der Waals surface area contributed by atoms with Crippen LogP contribution in [-0.4, -0.2) is 0 Å². The predicted molar refractivity (Wildman–Crippen MR) is 64.8 cm³/mol. The van der Waals surface area contributed by atoms with E-state index in [4.69, 9.17) is 0 Å². The molecule has 0 amide bonds. The van der Waals surface area contributed by atoms with Crippen LogP contribution in [0.3, 0.4) is 0 Å². The summed E-state index contributed by atoms with van der Waals surface area (Å²) in [5.74, 6) is 0. The number of allylic oxidation sites excluding steroid dienone is 4. The molecule has 3 heteroatoms. The van der Waals surface area contributed by atoms with Crippen LogP contribution in [0.2, 0.25) is 0 Å². The molecular weight excluding hydrogens is 456 g/mol. The molecule has 11 heavy (non-hydrogen) atoms. The molecule has 0 unspecified atom stereocenters. The molecule has 68 valence electrons. The van der Waals surface area contributed by atoms with Gasteiger partial charge in [-0.15, -0.1) is 0 Å². The average molecular weight is 468 g/mol. The van der Waals surface area contributed by atoms with Crippen molar-refractivity contribution in [2.24, 2.45) is 0 Å². The first-order valence-corrected chi connectivity index (χ1v) is 12.8. The molecule has 0 spiro atoms. The van der Waals surface area contributed by atoms with Crippen molar-refractivity contribution in [1.29, 1.82) is 0 Å². The van der Waals surface area contributed by atoms with Crippen molar-refractivity contribution in [3.8, 4) is 0 Å². The molecule has 0 nitrogen and oxygen atoms in total. The van der Waals surface area contributed by atoms with E-state index in [0.717, 1.165) is 10.8 Å². The van der Waals surface area contributed by atoms with Crippen molar-refractivity contribution in [2.45, 2.75) is 25.7 Å². The molecule has 0 aromatic carbocycles. The van der Waals surface area contributed by atoms with Crippen molar-refractivity contribution < 1.29 is 10.8 Å². The molecule has 0 radical (unpaired) electrons. The van der Waals surface area contributed by atoms with Crippen molar-refractivity contribution in [2.75, 3.05) is 0 Å². The standard InChI is InChI=1S/C8H12.2HI.Pd/c1-2-4-6-8-7-5-3-1;;;/h1-2,7-8H,3-6H2;2*1H;/q;;;+2/p-2. The van der Waals surface area contributed by atoms with E-state index in [0.29, 0.717) is 0 Å². The van der Waals surface area contributed by atoms with Crippen LogP contribution in [0.1, 0.15) is 25.7 Å². The van der Waals surface area contributed by atoms with E-state index in [2.05, 4.69) is 63.3 Å². The van der Waals surface area contributed by atoms with Gasteiger partial charge < -0.3 is 0 Å². The van der Waals surface area contributed by atoms with E-state index in [9.17, 15) is 0 Å². The molecule has 0 saturated carbocycles. The van der Waals surface area contributed by atoms with Crippen LogP contribution in [0.4, 0.5) is 0 Å². The summed E-state index contributed by atoms with van der Waals surface area (Å²) in [7, 11) is 0.890. The first kappa shape index (κ1) is 12.6. The van der Waals surface area contributed by atoms with Gasteiger partial charge in [-0.25, -0.2) is 0 Å². The Bertz CT molecular complexity index is 95.3. The monoisotopic (exact) mass is 468 g/mol. The molecule has 0 fully saturated rings. The van der Waals surface area contributed by atoms with Crippen LogP contribution >= 0.6 is 39.0 Å². The van der Waals surface area contributed by atoms with Crippen LogP contribution in [0, 0.1) is 0 Å². The Morgan fingerprint density at radius 1 is 0.727 bits per heavy atom. The van der Waals surface area contributed by atoms with E-state index >= 15 is 0 Å². The van der Waals surface area contributed by atoms with Gasteiger partial charge >= 0.3 is 49.8 Å². The Morgan fingerprint density at radius 3 is 1.09 bits per heavy atom. The average Bonchev–Trinajstić information content (AvgIpc) is 1.86. The molecule has 1 aliphatic carbocycles. The third-order valence-corrected chi connectivity index (χ3v) is 1.33. The molecule has 1 aliphatic rings. The Kier molecular flexibility index (Phi) is 13.3. The molecule has 0 aromatic heterocycles.